The highest BCUT2D eigenvalue weighted by Crippen LogP contribution is 2.26. The van der Waals surface area contributed by atoms with Gasteiger partial charge in [0.1, 0.15) is 24.7 Å². The zero-order valence-electron chi connectivity index (χ0n) is 11.9. The number of benzene rings is 2. The fourth-order valence-electron chi connectivity index (χ4n) is 1.93. The third-order valence-corrected chi connectivity index (χ3v) is 3.11. The number of hydrogen-bond acceptors (Lipinski definition) is 3. The normalized spacial score (nSPS) is 11.7. The Labute approximate surface area is 123 Å². The standard InChI is InChI=1S/C17H18O4/c1-13(17(18)19)15-9-5-6-10-16(15)21-12-11-20-14-7-3-2-4-8-14/h2-10,13H,11-12H2,1H3,(H,18,19). The van der Waals surface area contributed by atoms with Crippen molar-refractivity contribution in [3.05, 3.63) is 60.2 Å². The maximum Gasteiger partial charge on any atom is 0.310 e. The van der Waals surface area contributed by atoms with Gasteiger partial charge in [-0.3, -0.25) is 4.79 Å². The first-order valence-electron chi connectivity index (χ1n) is 6.81. The second-order valence-corrected chi connectivity index (χ2v) is 4.61. The topological polar surface area (TPSA) is 55.8 Å². The number of rotatable bonds is 7. The lowest BCUT2D eigenvalue weighted by Crippen LogP contribution is -2.13. The van der Waals surface area contributed by atoms with Gasteiger partial charge in [0, 0.05) is 5.56 Å². The van der Waals surface area contributed by atoms with E-state index in [2.05, 4.69) is 0 Å². The molecular formula is C17H18O4. The summed E-state index contributed by atoms with van der Waals surface area (Å²) in [5, 5.41) is 9.10. The molecule has 1 atom stereocenters. The summed E-state index contributed by atoms with van der Waals surface area (Å²) in [6.07, 6.45) is 0. The van der Waals surface area contributed by atoms with Crippen LogP contribution in [0.2, 0.25) is 0 Å². The van der Waals surface area contributed by atoms with E-state index in [1.807, 2.05) is 42.5 Å². The minimum absolute atomic E-state index is 0.359. The molecule has 0 aliphatic carbocycles. The van der Waals surface area contributed by atoms with Crippen molar-refractivity contribution in [1.82, 2.24) is 0 Å². The number of para-hydroxylation sites is 2. The first kappa shape index (κ1) is 14.9. The van der Waals surface area contributed by atoms with Gasteiger partial charge in [0.15, 0.2) is 0 Å². The number of hydrogen-bond donors (Lipinski definition) is 1. The molecule has 0 radical (unpaired) electrons. The van der Waals surface area contributed by atoms with Crippen molar-refractivity contribution in [2.24, 2.45) is 0 Å². The molecule has 0 heterocycles. The van der Waals surface area contributed by atoms with Crippen LogP contribution < -0.4 is 9.47 Å². The van der Waals surface area contributed by atoms with Crippen LogP contribution in [0.25, 0.3) is 0 Å². The summed E-state index contributed by atoms with van der Waals surface area (Å²) in [4.78, 5) is 11.1. The molecule has 2 rings (SSSR count). The molecule has 0 fully saturated rings. The molecule has 0 saturated carbocycles. The Kier molecular flexibility index (Phi) is 5.21. The predicted molar refractivity (Wildman–Crippen MR) is 79.9 cm³/mol. The first-order chi connectivity index (χ1) is 10.2. The highest BCUT2D eigenvalue weighted by molar-refractivity contribution is 5.76. The van der Waals surface area contributed by atoms with Gasteiger partial charge in [-0.25, -0.2) is 0 Å². The molecule has 0 aliphatic heterocycles. The van der Waals surface area contributed by atoms with E-state index in [1.165, 1.54) is 0 Å². The first-order valence-corrected chi connectivity index (χ1v) is 6.81. The molecule has 0 aliphatic rings. The van der Waals surface area contributed by atoms with E-state index in [1.54, 1.807) is 19.1 Å². The highest BCUT2D eigenvalue weighted by atomic mass is 16.5. The molecule has 0 bridgehead atoms. The van der Waals surface area contributed by atoms with Gasteiger partial charge < -0.3 is 14.6 Å². The third-order valence-electron chi connectivity index (χ3n) is 3.11. The molecule has 4 nitrogen and oxygen atoms in total. The molecule has 0 saturated heterocycles. The number of ether oxygens (including phenoxy) is 2. The number of carboxylic acids is 1. The van der Waals surface area contributed by atoms with E-state index in [-0.39, 0.29) is 0 Å². The Morgan fingerprint density at radius 1 is 1.00 bits per heavy atom. The molecule has 0 aromatic heterocycles. The summed E-state index contributed by atoms with van der Waals surface area (Å²) in [6, 6.07) is 16.7. The van der Waals surface area contributed by atoms with Crippen LogP contribution in [-0.4, -0.2) is 24.3 Å². The summed E-state index contributed by atoms with van der Waals surface area (Å²) in [5.41, 5.74) is 0.671. The lowest BCUT2D eigenvalue weighted by atomic mass is 10.0. The fraction of sp³-hybridized carbons (Fsp3) is 0.235. The van der Waals surface area contributed by atoms with Gasteiger partial charge in [-0.05, 0) is 25.1 Å². The van der Waals surface area contributed by atoms with Gasteiger partial charge in [0.25, 0.3) is 0 Å². The van der Waals surface area contributed by atoms with Crippen molar-refractivity contribution in [1.29, 1.82) is 0 Å². The average Bonchev–Trinajstić information content (AvgIpc) is 2.52. The smallest absolute Gasteiger partial charge is 0.310 e. The van der Waals surface area contributed by atoms with Gasteiger partial charge in [0.05, 0.1) is 5.92 Å². The monoisotopic (exact) mass is 286 g/mol. The summed E-state index contributed by atoms with van der Waals surface area (Å²) >= 11 is 0. The lowest BCUT2D eigenvalue weighted by Gasteiger charge is -2.14. The van der Waals surface area contributed by atoms with Crippen LogP contribution in [0.5, 0.6) is 11.5 Å². The van der Waals surface area contributed by atoms with Crippen LogP contribution in [0.15, 0.2) is 54.6 Å². The molecule has 2 aromatic rings. The Morgan fingerprint density at radius 2 is 1.62 bits per heavy atom. The summed E-state index contributed by atoms with van der Waals surface area (Å²) < 4.78 is 11.2. The SMILES string of the molecule is CC(C(=O)O)c1ccccc1OCCOc1ccccc1. The van der Waals surface area contributed by atoms with E-state index in [0.717, 1.165) is 5.75 Å². The number of aliphatic carboxylic acids is 1. The van der Waals surface area contributed by atoms with Gasteiger partial charge in [-0.15, -0.1) is 0 Å². The Balaban J connectivity index is 1.90. The summed E-state index contributed by atoms with van der Waals surface area (Å²) in [7, 11) is 0. The van der Waals surface area contributed by atoms with Crippen LogP contribution in [-0.2, 0) is 4.79 Å². The van der Waals surface area contributed by atoms with Crippen molar-refractivity contribution in [2.45, 2.75) is 12.8 Å². The third kappa shape index (κ3) is 4.24. The molecule has 4 heteroatoms. The predicted octanol–water partition coefficient (Wildman–Crippen LogP) is 3.33. The van der Waals surface area contributed by atoms with Crippen LogP contribution in [0.1, 0.15) is 18.4 Å². The molecule has 1 N–H and O–H groups in total. The largest absolute Gasteiger partial charge is 0.490 e. The van der Waals surface area contributed by atoms with E-state index < -0.39 is 11.9 Å². The van der Waals surface area contributed by atoms with E-state index >= 15 is 0 Å². The molecular weight excluding hydrogens is 268 g/mol. The maximum atomic E-state index is 11.1. The minimum Gasteiger partial charge on any atom is -0.490 e. The van der Waals surface area contributed by atoms with Crippen molar-refractivity contribution < 1.29 is 19.4 Å². The zero-order chi connectivity index (χ0) is 15.1. The second kappa shape index (κ2) is 7.33. The van der Waals surface area contributed by atoms with Gasteiger partial charge >= 0.3 is 5.97 Å². The van der Waals surface area contributed by atoms with Gasteiger partial charge in [-0.1, -0.05) is 36.4 Å². The second-order valence-electron chi connectivity index (χ2n) is 4.61. The van der Waals surface area contributed by atoms with Crippen LogP contribution in [0, 0.1) is 0 Å². The molecule has 2 aromatic carbocycles. The lowest BCUT2D eigenvalue weighted by molar-refractivity contribution is -0.138. The minimum atomic E-state index is -0.869. The maximum absolute atomic E-state index is 11.1. The van der Waals surface area contributed by atoms with Crippen LogP contribution in [0.3, 0.4) is 0 Å². The molecule has 1 unspecified atom stereocenters. The Bertz CT molecular complexity index is 580. The molecule has 0 amide bonds. The quantitative estimate of drug-likeness (QED) is 0.793. The zero-order valence-corrected chi connectivity index (χ0v) is 11.9. The highest BCUT2D eigenvalue weighted by Gasteiger charge is 2.17. The van der Waals surface area contributed by atoms with Crippen molar-refractivity contribution in [3.63, 3.8) is 0 Å². The van der Waals surface area contributed by atoms with E-state index in [4.69, 9.17) is 14.6 Å². The molecule has 0 spiro atoms. The van der Waals surface area contributed by atoms with Gasteiger partial charge in [-0.2, -0.15) is 0 Å². The van der Waals surface area contributed by atoms with Crippen molar-refractivity contribution in [3.8, 4) is 11.5 Å². The molecule has 110 valence electrons. The number of carboxylic acid groups (broad SMARTS) is 1. The van der Waals surface area contributed by atoms with Gasteiger partial charge in [0.2, 0.25) is 0 Å². The number of carbonyl (C=O) groups is 1. The fourth-order valence-corrected chi connectivity index (χ4v) is 1.93. The molecule has 21 heavy (non-hydrogen) atoms. The summed E-state index contributed by atoms with van der Waals surface area (Å²) in [6.45, 7) is 2.41. The van der Waals surface area contributed by atoms with Crippen molar-refractivity contribution >= 4 is 5.97 Å². The Morgan fingerprint density at radius 3 is 2.33 bits per heavy atom. The Hall–Kier alpha value is -2.49. The van der Waals surface area contributed by atoms with Crippen molar-refractivity contribution in [2.75, 3.05) is 13.2 Å². The van der Waals surface area contributed by atoms with E-state index in [9.17, 15) is 4.79 Å². The van der Waals surface area contributed by atoms with E-state index in [0.29, 0.717) is 24.5 Å². The van der Waals surface area contributed by atoms with Crippen LogP contribution >= 0.6 is 0 Å². The van der Waals surface area contributed by atoms with Crippen LogP contribution in [0.4, 0.5) is 0 Å². The average molecular weight is 286 g/mol. The summed E-state index contributed by atoms with van der Waals surface area (Å²) in [5.74, 6) is -0.0971.